The molecule has 9 heteroatoms. The summed E-state index contributed by atoms with van der Waals surface area (Å²) < 4.78 is 16.3. The van der Waals surface area contributed by atoms with Crippen LogP contribution in [-0.2, 0) is 16.1 Å². The molecule has 1 aliphatic rings. The van der Waals surface area contributed by atoms with Gasteiger partial charge < -0.3 is 24.4 Å². The number of hydrogen-bond donors (Lipinski definition) is 1. The second kappa shape index (κ2) is 12.9. The van der Waals surface area contributed by atoms with E-state index in [9.17, 15) is 9.59 Å². The van der Waals surface area contributed by atoms with E-state index in [1.54, 1.807) is 41.3 Å². The zero-order chi connectivity index (χ0) is 25.4. The number of carbonyl (C=O) groups is 2. The van der Waals surface area contributed by atoms with Crippen LogP contribution in [0, 0.1) is 0 Å². The molecule has 0 aliphatic heterocycles. The standard InChI is InChI=1S/C26H32Cl2N2O5/c1-4-24(26(32)29-18-7-5-6-8-18)30(15-17-9-10-22(27)23(28)11-17)25(31)16-35-21-13-19(33-2)12-20(14-21)34-3/h9-14,18,24H,4-8,15-16H2,1-3H3,(H,29,32)/t24-/m1/s1. The Bertz CT molecular complexity index is 1000. The molecule has 2 aromatic rings. The number of carbonyl (C=O) groups excluding carboxylic acids is 2. The van der Waals surface area contributed by atoms with Gasteiger partial charge in [0.15, 0.2) is 6.61 Å². The third kappa shape index (κ3) is 7.42. The van der Waals surface area contributed by atoms with Crippen LogP contribution in [0.4, 0.5) is 0 Å². The van der Waals surface area contributed by atoms with Gasteiger partial charge in [-0.2, -0.15) is 0 Å². The monoisotopic (exact) mass is 522 g/mol. The number of amides is 2. The van der Waals surface area contributed by atoms with Crippen LogP contribution in [0.3, 0.4) is 0 Å². The third-order valence-corrected chi connectivity index (χ3v) is 6.85. The average Bonchev–Trinajstić information content (AvgIpc) is 3.37. The highest BCUT2D eigenvalue weighted by atomic mass is 35.5. The fourth-order valence-corrected chi connectivity index (χ4v) is 4.54. The molecule has 2 aromatic carbocycles. The lowest BCUT2D eigenvalue weighted by Gasteiger charge is -2.31. The maximum Gasteiger partial charge on any atom is 0.261 e. The van der Waals surface area contributed by atoms with Crippen molar-refractivity contribution in [1.82, 2.24) is 10.2 Å². The van der Waals surface area contributed by atoms with Gasteiger partial charge >= 0.3 is 0 Å². The van der Waals surface area contributed by atoms with Crippen LogP contribution in [0.5, 0.6) is 17.2 Å². The van der Waals surface area contributed by atoms with Crippen molar-refractivity contribution in [3.05, 3.63) is 52.0 Å². The van der Waals surface area contributed by atoms with E-state index < -0.39 is 6.04 Å². The SMILES string of the molecule is CC[C@H](C(=O)NC1CCCC1)N(Cc1ccc(Cl)c(Cl)c1)C(=O)COc1cc(OC)cc(OC)c1. The Labute approximate surface area is 216 Å². The van der Waals surface area contributed by atoms with Crippen molar-refractivity contribution in [3.63, 3.8) is 0 Å². The molecule has 1 N–H and O–H groups in total. The zero-order valence-electron chi connectivity index (χ0n) is 20.3. The molecule has 1 fully saturated rings. The van der Waals surface area contributed by atoms with Gasteiger partial charge in [0.05, 0.1) is 24.3 Å². The lowest BCUT2D eigenvalue weighted by Crippen LogP contribution is -2.52. The van der Waals surface area contributed by atoms with Gasteiger partial charge in [0.1, 0.15) is 23.3 Å². The molecular weight excluding hydrogens is 491 g/mol. The van der Waals surface area contributed by atoms with Crippen molar-refractivity contribution >= 4 is 35.0 Å². The Morgan fingerprint density at radius 1 is 1.00 bits per heavy atom. The van der Waals surface area contributed by atoms with Crippen molar-refractivity contribution < 1.29 is 23.8 Å². The van der Waals surface area contributed by atoms with E-state index in [1.165, 1.54) is 14.2 Å². The maximum absolute atomic E-state index is 13.4. The summed E-state index contributed by atoms with van der Waals surface area (Å²) in [6, 6.07) is 9.74. The molecule has 7 nitrogen and oxygen atoms in total. The number of methoxy groups -OCH3 is 2. The largest absolute Gasteiger partial charge is 0.496 e. The summed E-state index contributed by atoms with van der Waals surface area (Å²) >= 11 is 12.3. The second-order valence-electron chi connectivity index (χ2n) is 8.52. The van der Waals surface area contributed by atoms with Crippen molar-refractivity contribution in [2.24, 2.45) is 0 Å². The van der Waals surface area contributed by atoms with Crippen LogP contribution in [0.1, 0.15) is 44.6 Å². The van der Waals surface area contributed by atoms with Crippen LogP contribution in [0.25, 0.3) is 0 Å². The summed E-state index contributed by atoms with van der Waals surface area (Å²) in [6.45, 7) is 1.82. The molecule has 0 unspecified atom stereocenters. The van der Waals surface area contributed by atoms with E-state index in [4.69, 9.17) is 37.4 Å². The Kier molecular flexibility index (Phi) is 9.93. The smallest absolute Gasteiger partial charge is 0.261 e. The van der Waals surface area contributed by atoms with Gasteiger partial charge in [0, 0.05) is 30.8 Å². The Morgan fingerprint density at radius 2 is 1.63 bits per heavy atom. The Morgan fingerprint density at radius 3 is 2.20 bits per heavy atom. The summed E-state index contributed by atoms with van der Waals surface area (Å²) in [4.78, 5) is 28.2. The van der Waals surface area contributed by atoms with Crippen molar-refractivity contribution in [2.75, 3.05) is 20.8 Å². The molecule has 0 spiro atoms. The molecule has 0 bridgehead atoms. The van der Waals surface area contributed by atoms with Gasteiger partial charge in [0.2, 0.25) is 5.91 Å². The third-order valence-electron chi connectivity index (χ3n) is 6.11. The Hall–Kier alpha value is -2.64. The van der Waals surface area contributed by atoms with E-state index in [1.807, 2.05) is 6.92 Å². The van der Waals surface area contributed by atoms with E-state index >= 15 is 0 Å². The summed E-state index contributed by atoms with van der Waals surface area (Å²) in [7, 11) is 3.08. The molecule has 0 aromatic heterocycles. The van der Waals surface area contributed by atoms with Gasteiger partial charge in [-0.05, 0) is 37.0 Å². The number of nitrogens with zero attached hydrogens (tertiary/aromatic N) is 1. The van der Waals surface area contributed by atoms with E-state index in [2.05, 4.69) is 5.32 Å². The van der Waals surface area contributed by atoms with E-state index in [0.717, 1.165) is 31.2 Å². The van der Waals surface area contributed by atoms with Crippen LogP contribution >= 0.6 is 23.2 Å². The van der Waals surface area contributed by atoms with Gasteiger partial charge in [-0.15, -0.1) is 0 Å². The van der Waals surface area contributed by atoms with Gasteiger partial charge in [-0.3, -0.25) is 9.59 Å². The van der Waals surface area contributed by atoms with Crippen LogP contribution in [0.2, 0.25) is 10.0 Å². The number of halogens is 2. The molecule has 1 atom stereocenters. The Balaban J connectivity index is 1.80. The highest BCUT2D eigenvalue weighted by Crippen LogP contribution is 2.28. The number of ether oxygens (including phenoxy) is 3. The first kappa shape index (κ1) is 27.0. The average molecular weight is 523 g/mol. The van der Waals surface area contributed by atoms with Crippen molar-refractivity contribution in [2.45, 2.75) is 57.7 Å². The normalized spacial score (nSPS) is 14.3. The summed E-state index contributed by atoms with van der Waals surface area (Å²) in [5, 5.41) is 3.94. The van der Waals surface area contributed by atoms with Gasteiger partial charge in [-0.1, -0.05) is 49.0 Å². The first-order valence-electron chi connectivity index (χ1n) is 11.7. The van der Waals surface area contributed by atoms with E-state index in [0.29, 0.717) is 33.7 Å². The molecule has 2 amide bonds. The van der Waals surface area contributed by atoms with Crippen molar-refractivity contribution in [3.8, 4) is 17.2 Å². The van der Waals surface area contributed by atoms with Crippen LogP contribution < -0.4 is 19.5 Å². The van der Waals surface area contributed by atoms with E-state index in [-0.39, 0.29) is 31.0 Å². The molecular formula is C26H32Cl2N2O5. The number of benzene rings is 2. The molecule has 0 saturated heterocycles. The minimum atomic E-state index is -0.652. The lowest BCUT2D eigenvalue weighted by atomic mass is 10.1. The number of hydrogen-bond acceptors (Lipinski definition) is 5. The highest BCUT2D eigenvalue weighted by Gasteiger charge is 2.31. The molecule has 1 aliphatic carbocycles. The predicted octanol–water partition coefficient (Wildman–Crippen LogP) is 5.26. The lowest BCUT2D eigenvalue weighted by molar-refractivity contribution is -0.143. The zero-order valence-corrected chi connectivity index (χ0v) is 21.8. The van der Waals surface area contributed by atoms with Crippen molar-refractivity contribution in [1.29, 1.82) is 0 Å². The quantitative estimate of drug-likeness (QED) is 0.435. The fraction of sp³-hybridized carbons (Fsp3) is 0.462. The molecule has 1 saturated carbocycles. The van der Waals surface area contributed by atoms with Gasteiger partial charge in [0.25, 0.3) is 5.91 Å². The molecule has 0 radical (unpaired) electrons. The van der Waals surface area contributed by atoms with Gasteiger partial charge in [-0.25, -0.2) is 0 Å². The molecule has 0 heterocycles. The maximum atomic E-state index is 13.4. The first-order chi connectivity index (χ1) is 16.8. The highest BCUT2D eigenvalue weighted by molar-refractivity contribution is 6.42. The minimum absolute atomic E-state index is 0.152. The van der Waals surface area contributed by atoms with Crippen LogP contribution in [-0.4, -0.2) is 49.6 Å². The first-order valence-corrected chi connectivity index (χ1v) is 12.5. The number of rotatable bonds is 11. The fourth-order valence-electron chi connectivity index (χ4n) is 4.21. The van der Waals surface area contributed by atoms with Crippen LogP contribution in [0.15, 0.2) is 36.4 Å². The second-order valence-corrected chi connectivity index (χ2v) is 9.34. The molecule has 35 heavy (non-hydrogen) atoms. The summed E-state index contributed by atoms with van der Waals surface area (Å²) in [5.74, 6) is 1.03. The summed E-state index contributed by atoms with van der Waals surface area (Å²) in [6.07, 6.45) is 4.59. The topological polar surface area (TPSA) is 77.1 Å². The number of nitrogens with one attached hydrogen (secondary N) is 1. The minimum Gasteiger partial charge on any atom is -0.496 e. The molecule has 3 rings (SSSR count). The predicted molar refractivity (Wildman–Crippen MR) is 137 cm³/mol. The summed E-state index contributed by atoms with van der Waals surface area (Å²) in [5.41, 5.74) is 0.767. The molecule has 190 valence electrons.